The fourth-order valence-electron chi connectivity index (χ4n) is 3.01. The molecule has 2 aromatic rings. The van der Waals surface area contributed by atoms with Gasteiger partial charge in [0.25, 0.3) is 0 Å². The van der Waals surface area contributed by atoms with Crippen molar-refractivity contribution in [2.75, 3.05) is 0 Å². The van der Waals surface area contributed by atoms with E-state index in [1.54, 1.807) is 0 Å². The molecule has 134 valence electrons. The van der Waals surface area contributed by atoms with E-state index in [0.29, 0.717) is 11.3 Å². The van der Waals surface area contributed by atoms with Crippen molar-refractivity contribution < 1.29 is 13.9 Å². The number of aryl methyl sites for hydroxylation is 3. The predicted molar refractivity (Wildman–Crippen MR) is 99.6 cm³/mol. The van der Waals surface area contributed by atoms with Crippen LogP contribution in [0.4, 0.5) is 0 Å². The third kappa shape index (κ3) is 3.79. The first-order valence-electron chi connectivity index (χ1n) is 8.07. The molecule has 0 radical (unpaired) electrons. The number of carbonyl (C=O) groups excluding carboxylic acids is 1. The first-order valence-corrected chi connectivity index (χ1v) is 8.45. The lowest BCUT2D eigenvalue weighted by molar-refractivity contribution is -0.131. The van der Waals surface area contributed by atoms with Gasteiger partial charge in [0.15, 0.2) is 5.75 Å². The lowest BCUT2D eigenvalue weighted by Gasteiger charge is -2.22. The van der Waals surface area contributed by atoms with Crippen LogP contribution in [0.15, 0.2) is 21.3 Å². The van der Waals surface area contributed by atoms with Crippen molar-refractivity contribution in [1.29, 1.82) is 0 Å². The molecule has 2 rings (SSSR count). The molecule has 0 N–H and O–H groups in total. The first-order chi connectivity index (χ1) is 11.4. The minimum atomic E-state index is -0.569. The Morgan fingerprint density at radius 3 is 2.04 bits per heavy atom. The monoisotopic (exact) mass is 362 g/mol. The molecule has 4 nitrogen and oxygen atoms in total. The molecule has 0 fully saturated rings. The number of hydrogen-bond donors (Lipinski definition) is 0. The molecule has 0 aliphatic carbocycles. The van der Waals surface area contributed by atoms with Crippen molar-refractivity contribution >= 4 is 17.6 Å². The summed E-state index contributed by atoms with van der Waals surface area (Å²) in [5, 5.41) is 0.150. The average molecular weight is 363 g/mol. The topological polar surface area (TPSA) is 56.5 Å². The van der Waals surface area contributed by atoms with Crippen LogP contribution in [0.5, 0.6) is 5.75 Å². The van der Waals surface area contributed by atoms with Crippen molar-refractivity contribution in [2.24, 2.45) is 0 Å². The Morgan fingerprint density at radius 2 is 1.60 bits per heavy atom. The van der Waals surface area contributed by atoms with Crippen molar-refractivity contribution in [3.05, 3.63) is 50.0 Å². The van der Waals surface area contributed by atoms with Gasteiger partial charge in [0.2, 0.25) is 0 Å². The minimum absolute atomic E-state index is 0.0606. The Hall–Kier alpha value is -2.07. The largest absolute Gasteiger partial charge is 0.425 e. The number of esters is 1. The van der Waals surface area contributed by atoms with E-state index >= 15 is 0 Å². The summed E-state index contributed by atoms with van der Waals surface area (Å²) in [7, 11) is 0. The van der Waals surface area contributed by atoms with Gasteiger partial charge in [-0.25, -0.2) is 4.79 Å². The van der Waals surface area contributed by atoms with Gasteiger partial charge in [0.05, 0.1) is 0 Å². The summed E-state index contributed by atoms with van der Waals surface area (Å²) in [5.41, 5.74) is 2.63. The second-order valence-corrected chi connectivity index (χ2v) is 7.73. The van der Waals surface area contributed by atoms with Gasteiger partial charge in [-0.15, -0.1) is 0 Å². The minimum Gasteiger partial charge on any atom is -0.425 e. The third-order valence-corrected chi connectivity index (χ3v) is 4.22. The van der Waals surface area contributed by atoms with Crippen LogP contribution in [0, 0.1) is 20.8 Å². The highest BCUT2D eigenvalue weighted by atomic mass is 35.5. The van der Waals surface area contributed by atoms with Crippen LogP contribution in [0.25, 0.3) is 11.1 Å². The Morgan fingerprint density at radius 1 is 1.08 bits per heavy atom. The zero-order valence-corrected chi connectivity index (χ0v) is 16.4. The molecule has 0 bridgehead atoms. The summed E-state index contributed by atoms with van der Waals surface area (Å²) in [5.74, 6) is -0.192. The van der Waals surface area contributed by atoms with Crippen LogP contribution in [0.3, 0.4) is 0 Å². The van der Waals surface area contributed by atoms with Gasteiger partial charge in [0, 0.05) is 12.3 Å². The third-order valence-electron chi connectivity index (χ3n) is 3.88. The summed E-state index contributed by atoms with van der Waals surface area (Å²) in [6.45, 7) is 12.7. The highest BCUT2D eigenvalue weighted by Gasteiger charge is 2.30. The van der Waals surface area contributed by atoms with Gasteiger partial charge in [0.1, 0.15) is 16.3 Å². The maximum atomic E-state index is 12.8. The highest BCUT2D eigenvalue weighted by molar-refractivity contribution is 6.33. The van der Waals surface area contributed by atoms with Gasteiger partial charge in [-0.05, 0) is 37.5 Å². The van der Waals surface area contributed by atoms with Crippen molar-refractivity contribution in [1.82, 2.24) is 0 Å². The average Bonchev–Trinajstić information content (AvgIpc) is 2.42. The van der Waals surface area contributed by atoms with Crippen LogP contribution in [0.2, 0.25) is 5.02 Å². The zero-order chi connectivity index (χ0) is 19.1. The molecule has 1 aromatic carbocycles. The summed E-state index contributed by atoms with van der Waals surface area (Å²) in [4.78, 5) is 24.4. The number of halogens is 1. The van der Waals surface area contributed by atoms with E-state index in [9.17, 15) is 9.59 Å². The van der Waals surface area contributed by atoms with E-state index in [2.05, 4.69) is 0 Å². The molecule has 0 spiro atoms. The molecule has 0 aliphatic rings. The van der Waals surface area contributed by atoms with Crippen molar-refractivity contribution in [2.45, 2.75) is 53.9 Å². The Bertz CT molecular complexity index is 878. The van der Waals surface area contributed by atoms with E-state index in [0.717, 1.165) is 16.7 Å². The van der Waals surface area contributed by atoms with Gasteiger partial charge in [-0.2, -0.15) is 0 Å². The van der Waals surface area contributed by atoms with Crippen LogP contribution >= 0.6 is 11.6 Å². The fraction of sp³-hybridized carbons (Fsp3) is 0.400. The van der Waals surface area contributed by atoms with E-state index in [1.165, 1.54) is 6.92 Å². The smallest absolute Gasteiger partial charge is 0.347 e. The molecule has 0 amide bonds. The van der Waals surface area contributed by atoms with E-state index in [4.69, 9.17) is 20.8 Å². The molecule has 5 heteroatoms. The van der Waals surface area contributed by atoms with Crippen LogP contribution in [0.1, 0.15) is 50.1 Å². The maximum Gasteiger partial charge on any atom is 0.347 e. The standard InChI is InChI=1S/C20H23ClO4/c1-10-8-11(2)14(12(3)9-10)15-17(24-13(4)22)16(21)18(20(5,6)7)25-19(15)23/h8-9H,1-7H3. The molecule has 0 atom stereocenters. The SMILES string of the molecule is CC(=O)Oc1c(Cl)c(C(C)(C)C)oc(=O)c1-c1c(C)cc(C)cc1C. The van der Waals surface area contributed by atoms with Crippen LogP contribution < -0.4 is 10.4 Å². The molecular formula is C20H23ClO4. The number of rotatable bonds is 2. The number of benzene rings is 1. The quantitative estimate of drug-likeness (QED) is 0.696. The molecule has 0 aliphatic heterocycles. The van der Waals surface area contributed by atoms with E-state index in [1.807, 2.05) is 53.7 Å². The lowest BCUT2D eigenvalue weighted by atomic mass is 9.90. The van der Waals surface area contributed by atoms with Crippen molar-refractivity contribution in [3.8, 4) is 16.9 Å². The summed E-state index contributed by atoms with van der Waals surface area (Å²) in [6.07, 6.45) is 0. The molecule has 25 heavy (non-hydrogen) atoms. The van der Waals surface area contributed by atoms with E-state index in [-0.39, 0.29) is 16.3 Å². The summed E-state index contributed by atoms with van der Waals surface area (Å²) < 4.78 is 10.9. The normalized spacial score (nSPS) is 11.5. The fourth-order valence-corrected chi connectivity index (χ4v) is 3.46. The Balaban J connectivity index is 2.94. The Kier molecular flexibility index (Phi) is 5.14. The summed E-state index contributed by atoms with van der Waals surface area (Å²) >= 11 is 6.49. The van der Waals surface area contributed by atoms with Crippen LogP contribution in [-0.2, 0) is 10.2 Å². The second kappa shape index (κ2) is 6.68. The Labute approximate surface area is 152 Å². The predicted octanol–water partition coefficient (Wildman–Crippen LogP) is 5.11. The molecule has 1 aromatic heterocycles. The zero-order valence-electron chi connectivity index (χ0n) is 15.7. The second-order valence-electron chi connectivity index (χ2n) is 7.35. The molecular weight excluding hydrogens is 340 g/mol. The molecule has 0 saturated heterocycles. The first kappa shape index (κ1) is 19.3. The van der Waals surface area contributed by atoms with E-state index < -0.39 is 17.0 Å². The number of hydrogen-bond acceptors (Lipinski definition) is 4. The number of carbonyl (C=O) groups is 1. The maximum absolute atomic E-state index is 12.8. The van der Waals surface area contributed by atoms with Crippen molar-refractivity contribution in [3.63, 3.8) is 0 Å². The highest BCUT2D eigenvalue weighted by Crippen LogP contribution is 2.42. The molecule has 0 saturated carbocycles. The van der Waals surface area contributed by atoms with Crippen LogP contribution in [-0.4, -0.2) is 5.97 Å². The summed E-state index contributed by atoms with van der Waals surface area (Å²) in [6, 6.07) is 3.93. The van der Waals surface area contributed by atoms with Gasteiger partial charge in [-0.1, -0.05) is 50.1 Å². The van der Waals surface area contributed by atoms with Gasteiger partial charge < -0.3 is 9.15 Å². The van der Waals surface area contributed by atoms with Gasteiger partial charge in [-0.3, -0.25) is 4.79 Å². The molecule has 0 unspecified atom stereocenters. The lowest BCUT2D eigenvalue weighted by Crippen LogP contribution is -2.19. The van der Waals surface area contributed by atoms with Gasteiger partial charge >= 0.3 is 11.6 Å². The number of ether oxygens (including phenoxy) is 1. The molecule has 1 heterocycles.